The Morgan fingerprint density at radius 3 is 2.41 bits per heavy atom. The van der Waals surface area contributed by atoms with E-state index in [4.69, 9.17) is 11.6 Å². The topological polar surface area (TPSA) is 30.0 Å². The number of thiazole rings is 1. The van der Waals surface area contributed by atoms with E-state index < -0.39 is 11.7 Å². The summed E-state index contributed by atoms with van der Waals surface area (Å²) in [6.45, 7) is 4.13. The second kappa shape index (κ2) is 9.17. The number of alkyl halides is 3. The normalized spacial score (nSPS) is 20.1. The summed E-state index contributed by atoms with van der Waals surface area (Å²) in [6.07, 6.45) is 1.85. The number of Topliss-reactive ketones (excluding diaryl/α,β-unsaturated/α-hetero) is 1. The van der Waals surface area contributed by atoms with Crippen LogP contribution in [0.4, 0.5) is 13.2 Å². The predicted octanol–water partition coefficient (Wildman–Crippen LogP) is 7.44. The van der Waals surface area contributed by atoms with Crippen molar-refractivity contribution in [2.45, 2.75) is 65.0 Å². The van der Waals surface area contributed by atoms with Crippen molar-refractivity contribution >= 4 is 28.7 Å². The van der Waals surface area contributed by atoms with Crippen LogP contribution < -0.4 is 0 Å². The Morgan fingerprint density at radius 1 is 1.17 bits per heavy atom. The number of hydrogen-bond donors (Lipinski definition) is 0. The van der Waals surface area contributed by atoms with Crippen LogP contribution in [0.5, 0.6) is 0 Å². The summed E-state index contributed by atoms with van der Waals surface area (Å²) in [4.78, 5) is 18.5. The molecule has 0 bridgehead atoms. The van der Waals surface area contributed by atoms with Crippen LogP contribution in [-0.4, -0.2) is 10.8 Å². The molecule has 0 saturated heterocycles. The largest absolute Gasteiger partial charge is 0.416 e. The number of carbonyl (C=O) groups excluding carboxylic acids is 1. The van der Waals surface area contributed by atoms with Crippen LogP contribution in [0.1, 0.15) is 70.0 Å². The van der Waals surface area contributed by atoms with E-state index in [-0.39, 0.29) is 28.7 Å². The van der Waals surface area contributed by atoms with Crippen molar-refractivity contribution in [2.75, 3.05) is 0 Å². The van der Waals surface area contributed by atoms with Gasteiger partial charge in [-0.2, -0.15) is 13.2 Å². The zero-order chi connectivity index (χ0) is 21.2. The van der Waals surface area contributed by atoms with Crippen LogP contribution >= 0.6 is 22.9 Å². The Morgan fingerprint density at radius 2 is 1.83 bits per heavy atom. The van der Waals surface area contributed by atoms with Crippen molar-refractivity contribution in [1.29, 1.82) is 0 Å². The van der Waals surface area contributed by atoms with E-state index in [1.54, 1.807) is 11.3 Å². The average Bonchev–Trinajstić information content (AvgIpc) is 2.98. The second-order valence-electron chi connectivity index (χ2n) is 7.99. The Labute approximate surface area is 178 Å². The molecule has 1 saturated carbocycles. The third-order valence-electron chi connectivity index (χ3n) is 5.87. The van der Waals surface area contributed by atoms with Gasteiger partial charge in [0.05, 0.1) is 21.3 Å². The van der Waals surface area contributed by atoms with Crippen molar-refractivity contribution in [3.8, 4) is 0 Å². The minimum Gasteiger partial charge on any atom is -0.294 e. The molecule has 1 fully saturated rings. The lowest BCUT2D eigenvalue weighted by atomic mass is 9.77. The van der Waals surface area contributed by atoms with Gasteiger partial charge in [-0.05, 0) is 69.6 Å². The molecule has 1 aliphatic carbocycles. The summed E-state index contributed by atoms with van der Waals surface area (Å²) in [7, 11) is 0. The Bertz CT molecular complexity index is 850. The van der Waals surface area contributed by atoms with E-state index in [1.165, 1.54) is 9.88 Å². The molecule has 1 aromatic carbocycles. The van der Waals surface area contributed by atoms with Gasteiger partial charge in [0.2, 0.25) is 0 Å². The highest BCUT2D eigenvalue weighted by Gasteiger charge is 2.32. The maximum atomic E-state index is 12.9. The molecule has 3 rings (SSSR count). The lowest BCUT2D eigenvalue weighted by Gasteiger charge is -2.28. The molecule has 2 nitrogen and oxygen atoms in total. The lowest BCUT2D eigenvalue weighted by molar-refractivity contribution is -0.137. The number of aryl methyl sites for hydroxylation is 3. The first kappa shape index (κ1) is 22.3. The Hall–Kier alpha value is -1.40. The number of hydrogen-bond acceptors (Lipinski definition) is 3. The van der Waals surface area contributed by atoms with Gasteiger partial charge in [-0.15, -0.1) is 11.3 Å². The molecular weight excluding hydrogens is 419 g/mol. The minimum atomic E-state index is -4.48. The third-order valence-corrected chi connectivity index (χ3v) is 7.34. The van der Waals surface area contributed by atoms with Gasteiger partial charge in [0, 0.05) is 16.9 Å². The fourth-order valence-electron chi connectivity index (χ4n) is 3.99. The number of aromatic nitrogens is 1. The van der Waals surface area contributed by atoms with Crippen LogP contribution in [-0.2, 0) is 12.6 Å². The van der Waals surface area contributed by atoms with Crippen molar-refractivity contribution in [1.82, 2.24) is 4.98 Å². The third kappa shape index (κ3) is 5.82. The molecule has 2 aromatic rings. The number of ketones is 1. The maximum Gasteiger partial charge on any atom is 0.416 e. The summed E-state index contributed by atoms with van der Waals surface area (Å²) < 4.78 is 38.8. The van der Waals surface area contributed by atoms with E-state index >= 15 is 0 Å². The standard InChI is InChI=1S/C22H25ClF3NOS/c1-13-14(2)29-21(27-13)10-7-15-3-5-16(6-4-15)11-20(28)18-12-17(22(24,25)26)8-9-19(18)23/h8-9,12,15-16H,3-7,10-11H2,1-2H3. The number of halogens is 4. The van der Waals surface area contributed by atoms with E-state index in [2.05, 4.69) is 11.9 Å². The average molecular weight is 444 g/mol. The smallest absolute Gasteiger partial charge is 0.294 e. The van der Waals surface area contributed by atoms with Crippen molar-refractivity contribution in [3.05, 3.63) is 49.9 Å². The molecule has 0 aliphatic heterocycles. The molecule has 0 atom stereocenters. The summed E-state index contributed by atoms with van der Waals surface area (Å²) in [5, 5.41) is 1.28. The zero-order valence-electron chi connectivity index (χ0n) is 16.6. The van der Waals surface area contributed by atoms with Gasteiger partial charge in [0.25, 0.3) is 0 Å². The Kier molecular flexibility index (Phi) is 7.05. The van der Waals surface area contributed by atoms with Crippen LogP contribution in [0.25, 0.3) is 0 Å². The zero-order valence-corrected chi connectivity index (χ0v) is 18.2. The van der Waals surface area contributed by atoms with Gasteiger partial charge in [-0.25, -0.2) is 4.98 Å². The highest BCUT2D eigenvalue weighted by molar-refractivity contribution is 7.11. The van der Waals surface area contributed by atoms with Gasteiger partial charge < -0.3 is 0 Å². The van der Waals surface area contributed by atoms with Crippen LogP contribution in [0.2, 0.25) is 5.02 Å². The van der Waals surface area contributed by atoms with Crippen LogP contribution in [0, 0.1) is 25.7 Å². The van der Waals surface area contributed by atoms with E-state index in [0.717, 1.165) is 62.4 Å². The van der Waals surface area contributed by atoms with E-state index in [9.17, 15) is 18.0 Å². The second-order valence-corrected chi connectivity index (χ2v) is 9.69. The van der Waals surface area contributed by atoms with Gasteiger partial charge in [0.15, 0.2) is 5.78 Å². The summed E-state index contributed by atoms with van der Waals surface area (Å²) in [6, 6.07) is 2.96. The molecule has 1 aliphatic rings. The number of benzene rings is 1. The number of carbonyl (C=O) groups is 1. The molecule has 0 spiro atoms. The summed E-state index contributed by atoms with van der Waals surface area (Å²) >= 11 is 7.77. The van der Waals surface area contributed by atoms with Gasteiger partial charge in [-0.3, -0.25) is 4.79 Å². The van der Waals surface area contributed by atoms with Crippen LogP contribution in [0.3, 0.4) is 0 Å². The monoisotopic (exact) mass is 443 g/mol. The summed E-state index contributed by atoms with van der Waals surface area (Å²) in [5.41, 5.74) is 0.264. The van der Waals surface area contributed by atoms with Gasteiger partial charge in [-0.1, -0.05) is 24.4 Å². The highest BCUT2D eigenvalue weighted by atomic mass is 35.5. The Balaban J connectivity index is 1.51. The fourth-order valence-corrected chi connectivity index (χ4v) is 5.16. The molecule has 158 valence electrons. The number of nitrogens with zero attached hydrogens (tertiary/aromatic N) is 1. The fraction of sp³-hybridized carbons (Fsp3) is 0.545. The van der Waals surface area contributed by atoms with Crippen LogP contribution in [0.15, 0.2) is 18.2 Å². The van der Waals surface area contributed by atoms with Crippen molar-refractivity contribution in [3.63, 3.8) is 0 Å². The molecule has 0 radical (unpaired) electrons. The summed E-state index contributed by atoms with van der Waals surface area (Å²) in [5.74, 6) is 0.551. The molecule has 1 heterocycles. The molecule has 0 amide bonds. The quantitative estimate of drug-likeness (QED) is 0.434. The van der Waals surface area contributed by atoms with Crippen molar-refractivity contribution in [2.24, 2.45) is 11.8 Å². The van der Waals surface area contributed by atoms with Gasteiger partial charge >= 0.3 is 6.18 Å². The first-order valence-electron chi connectivity index (χ1n) is 9.96. The SMILES string of the molecule is Cc1nc(CCC2CCC(CC(=O)c3cc(C(F)(F)F)ccc3Cl)CC2)sc1C. The molecule has 0 unspecified atom stereocenters. The molecule has 1 aromatic heterocycles. The highest BCUT2D eigenvalue weighted by Crippen LogP contribution is 2.36. The first-order valence-corrected chi connectivity index (χ1v) is 11.2. The molecule has 29 heavy (non-hydrogen) atoms. The number of rotatable bonds is 6. The minimum absolute atomic E-state index is 0.0156. The van der Waals surface area contributed by atoms with Crippen molar-refractivity contribution < 1.29 is 18.0 Å². The predicted molar refractivity (Wildman–Crippen MR) is 111 cm³/mol. The maximum absolute atomic E-state index is 12.9. The first-order chi connectivity index (χ1) is 13.6. The van der Waals surface area contributed by atoms with Gasteiger partial charge in [0.1, 0.15) is 0 Å². The lowest BCUT2D eigenvalue weighted by Crippen LogP contribution is -2.18. The molecular formula is C22H25ClF3NOS. The molecule has 0 N–H and O–H groups in total. The molecule has 7 heteroatoms. The van der Waals surface area contributed by atoms with E-state index in [0.29, 0.717) is 5.92 Å². The van der Waals surface area contributed by atoms with E-state index in [1.807, 2.05) is 6.92 Å².